The van der Waals surface area contributed by atoms with Gasteiger partial charge < -0.3 is 10.6 Å². The standard InChI is InChI=1S/C21H33N5S.HI/c1-7-22-21(23-14-16(3)27-19-11-9-8-10-12-19)24-15(2)13-20-17(4)25-26(6)18(20)5;/h8-12,15-16H,7,13-14H2,1-6H3,(H2,22,23,24);1H. The van der Waals surface area contributed by atoms with Crippen LogP contribution in [0.15, 0.2) is 40.2 Å². The normalized spacial score (nSPS) is 13.6. The van der Waals surface area contributed by atoms with Crippen molar-refractivity contribution in [2.24, 2.45) is 12.0 Å². The molecule has 2 unspecified atom stereocenters. The van der Waals surface area contributed by atoms with E-state index in [9.17, 15) is 0 Å². The van der Waals surface area contributed by atoms with E-state index >= 15 is 0 Å². The number of rotatable bonds is 8. The Labute approximate surface area is 191 Å². The highest BCUT2D eigenvalue weighted by Gasteiger charge is 2.14. The van der Waals surface area contributed by atoms with Crippen molar-refractivity contribution in [2.45, 2.75) is 57.2 Å². The lowest BCUT2D eigenvalue weighted by atomic mass is 10.1. The second-order valence-electron chi connectivity index (χ2n) is 6.98. The molecule has 0 aliphatic rings. The monoisotopic (exact) mass is 515 g/mol. The molecule has 0 spiro atoms. The molecule has 0 fully saturated rings. The molecule has 28 heavy (non-hydrogen) atoms. The summed E-state index contributed by atoms with van der Waals surface area (Å²) in [6.07, 6.45) is 0.935. The Bertz CT molecular complexity index is 745. The Morgan fingerprint density at radius 1 is 1.21 bits per heavy atom. The van der Waals surface area contributed by atoms with Crippen LogP contribution in [0.3, 0.4) is 0 Å². The minimum Gasteiger partial charge on any atom is -0.357 e. The smallest absolute Gasteiger partial charge is 0.191 e. The van der Waals surface area contributed by atoms with Crippen LogP contribution in [0.4, 0.5) is 0 Å². The Balaban J connectivity index is 0.00000392. The van der Waals surface area contributed by atoms with Gasteiger partial charge in [0.05, 0.1) is 12.2 Å². The third-order valence-corrected chi connectivity index (χ3v) is 5.58. The van der Waals surface area contributed by atoms with Gasteiger partial charge >= 0.3 is 0 Å². The van der Waals surface area contributed by atoms with Gasteiger partial charge in [-0.25, -0.2) is 0 Å². The van der Waals surface area contributed by atoms with Crippen molar-refractivity contribution >= 4 is 41.7 Å². The zero-order valence-corrected chi connectivity index (χ0v) is 21.0. The minimum atomic E-state index is 0. The molecule has 1 aromatic carbocycles. The summed E-state index contributed by atoms with van der Waals surface area (Å²) in [6, 6.07) is 10.8. The quantitative estimate of drug-likeness (QED) is 0.238. The Kier molecular flexibility index (Phi) is 11.0. The molecule has 0 aliphatic carbocycles. The lowest BCUT2D eigenvalue weighted by Gasteiger charge is -2.19. The molecule has 5 nitrogen and oxygen atoms in total. The molecule has 1 heterocycles. The molecular weight excluding hydrogens is 481 g/mol. The molecule has 1 aromatic heterocycles. The van der Waals surface area contributed by atoms with Gasteiger partial charge in [0.2, 0.25) is 0 Å². The van der Waals surface area contributed by atoms with Crippen molar-refractivity contribution < 1.29 is 0 Å². The molecule has 2 atom stereocenters. The number of nitrogens with zero attached hydrogens (tertiary/aromatic N) is 3. The lowest BCUT2D eigenvalue weighted by Crippen LogP contribution is -2.43. The number of benzene rings is 1. The van der Waals surface area contributed by atoms with E-state index in [2.05, 4.69) is 74.6 Å². The summed E-state index contributed by atoms with van der Waals surface area (Å²) in [5, 5.41) is 11.8. The number of nitrogens with one attached hydrogen (secondary N) is 2. The first-order valence-electron chi connectivity index (χ1n) is 9.66. The molecule has 2 N–H and O–H groups in total. The highest BCUT2D eigenvalue weighted by atomic mass is 127. The number of aryl methyl sites for hydroxylation is 2. The molecular formula is C21H34IN5S. The van der Waals surface area contributed by atoms with Crippen LogP contribution in [0.1, 0.15) is 37.7 Å². The topological polar surface area (TPSA) is 54.2 Å². The Morgan fingerprint density at radius 2 is 1.89 bits per heavy atom. The van der Waals surface area contributed by atoms with E-state index in [0.29, 0.717) is 5.25 Å². The maximum Gasteiger partial charge on any atom is 0.191 e. The minimum absolute atomic E-state index is 0. The summed E-state index contributed by atoms with van der Waals surface area (Å²) in [5.41, 5.74) is 3.66. The van der Waals surface area contributed by atoms with E-state index < -0.39 is 0 Å². The summed E-state index contributed by atoms with van der Waals surface area (Å²) in [4.78, 5) is 6.08. The molecule has 156 valence electrons. The maximum atomic E-state index is 4.79. The number of aliphatic imine (C=N–C) groups is 1. The van der Waals surface area contributed by atoms with Crippen LogP contribution in [0.25, 0.3) is 0 Å². The van der Waals surface area contributed by atoms with Gasteiger partial charge in [-0.3, -0.25) is 9.67 Å². The van der Waals surface area contributed by atoms with Gasteiger partial charge in [-0.1, -0.05) is 25.1 Å². The highest BCUT2D eigenvalue weighted by molar-refractivity contribution is 14.0. The van der Waals surface area contributed by atoms with Crippen molar-refractivity contribution in [1.29, 1.82) is 0 Å². The van der Waals surface area contributed by atoms with Gasteiger partial charge in [-0.2, -0.15) is 5.10 Å². The van der Waals surface area contributed by atoms with E-state index in [1.165, 1.54) is 16.2 Å². The van der Waals surface area contributed by atoms with E-state index in [-0.39, 0.29) is 30.0 Å². The molecule has 0 aliphatic heterocycles. The van der Waals surface area contributed by atoms with E-state index in [1.54, 1.807) is 0 Å². The molecule has 7 heteroatoms. The lowest BCUT2D eigenvalue weighted by molar-refractivity contribution is 0.635. The fourth-order valence-electron chi connectivity index (χ4n) is 3.01. The molecule has 0 saturated carbocycles. The summed E-state index contributed by atoms with van der Waals surface area (Å²) < 4.78 is 1.96. The van der Waals surface area contributed by atoms with Crippen LogP contribution in [0, 0.1) is 13.8 Å². The molecule has 0 saturated heterocycles. The highest BCUT2D eigenvalue weighted by Crippen LogP contribution is 2.22. The first-order chi connectivity index (χ1) is 12.9. The zero-order valence-electron chi connectivity index (χ0n) is 17.8. The summed E-state index contributed by atoms with van der Waals surface area (Å²) in [7, 11) is 2.00. The first kappa shape index (κ1) is 24.8. The fourth-order valence-corrected chi connectivity index (χ4v) is 3.94. The Morgan fingerprint density at radius 3 is 2.46 bits per heavy atom. The third kappa shape index (κ3) is 7.66. The summed E-state index contributed by atoms with van der Waals surface area (Å²) in [5.74, 6) is 0.879. The van der Waals surface area contributed by atoms with Crippen molar-refractivity contribution in [1.82, 2.24) is 20.4 Å². The van der Waals surface area contributed by atoms with E-state index in [4.69, 9.17) is 4.99 Å². The maximum absolute atomic E-state index is 4.79. The molecule has 2 rings (SSSR count). The molecule has 0 amide bonds. The molecule has 2 aromatic rings. The van der Waals surface area contributed by atoms with Gasteiger partial charge in [0.25, 0.3) is 0 Å². The fraction of sp³-hybridized carbons (Fsp3) is 0.524. The van der Waals surface area contributed by atoms with Crippen LogP contribution in [0.5, 0.6) is 0 Å². The zero-order chi connectivity index (χ0) is 19.8. The van der Waals surface area contributed by atoms with Gasteiger partial charge in [0, 0.05) is 35.5 Å². The predicted octanol–water partition coefficient (Wildman–Crippen LogP) is 4.32. The van der Waals surface area contributed by atoms with Crippen LogP contribution >= 0.6 is 35.7 Å². The average molecular weight is 516 g/mol. The van der Waals surface area contributed by atoms with Crippen LogP contribution < -0.4 is 10.6 Å². The first-order valence-corrected chi connectivity index (χ1v) is 10.5. The van der Waals surface area contributed by atoms with Crippen LogP contribution in [-0.4, -0.2) is 40.1 Å². The van der Waals surface area contributed by atoms with Crippen LogP contribution in [0.2, 0.25) is 0 Å². The second-order valence-corrected chi connectivity index (χ2v) is 8.50. The van der Waals surface area contributed by atoms with Gasteiger partial charge in [-0.15, -0.1) is 35.7 Å². The summed E-state index contributed by atoms with van der Waals surface area (Å²) in [6.45, 7) is 12.3. The number of thioether (sulfide) groups is 1. The van der Waals surface area contributed by atoms with Crippen molar-refractivity contribution in [3.05, 3.63) is 47.3 Å². The van der Waals surface area contributed by atoms with Crippen molar-refractivity contribution in [2.75, 3.05) is 13.1 Å². The third-order valence-electron chi connectivity index (χ3n) is 4.48. The molecule has 0 bridgehead atoms. The largest absolute Gasteiger partial charge is 0.357 e. The molecule has 0 radical (unpaired) electrons. The number of aromatic nitrogens is 2. The SMILES string of the molecule is CCNC(=NCC(C)Sc1ccccc1)NC(C)Cc1c(C)nn(C)c1C.I. The number of hydrogen-bond acceptors (Lipinski definition) is 3. The second kappa shape index (κ2) is 12.4. The number of halogens is 1. The average Bonchev–Trinajstić information content (AvgIpc) is 2.87. The van der Waals surface area contributed by atoms with Gasteiger partial charge in [-0.05, 0) is 51.8 Å². The van der Waals surface area contributed by atoms with E-state index in [1.807, 2.05) is 29.6 Å². The number of guanidine groups is 1. The van der Waals surface area contributed by atoms with Gasteiger partial charge in [0.15, 0.2) is 5.96 Å². The Hall–Kier alpha value is -1.22. The number of hydrogen-bond donors (Lipinski definition) is 2. The summed E-state index contributed by atoms with van der Waals surface area (Å²) >= 11 is 1.86. The van der Waals surface area contributed by atoms with Crippen molar-refractivity contribution in [3.8, 4) is 0 Å². The van der Waals surface area contributed by atoms with Crippen molar-refractivity contribution in [3.63, 3.8) is 0 Å². The predicted molar refractivity (Wildman–Crippen MR) is 132 cm³/mol. The van der Waals surface area contributed by atoms with E-state index in [0.717, 1.165) is 31.2 Å². The van der Waals surface area contributed by atoms with Crippen LogP contribution in [-0.2, 0) is 13.5 Å². The van der Waals surface area contributed by atoms with Gasteiger partial charge in [0.1, 0.15) is 0 Å².